The van der Waals surface area contributed by atoms with Crippen molar-refractivity contribution in [2.75, 3.05) is 6.54 Å². The first-order valence-electron chi connectivity index (χ1n) is 7.69. The third-order valence-corrected chi connectivity index (χ3v) is 4.58. The maximum atomic E-state index is 13.2. The van der Waals surface area contributed by atoms with E-state index in [9.17, 15) is 23.1 Å². The van der Waals surface area contributed by atoms with Crippen LogP contribution in [-0.4, -0.2) is 34.3 Å². The number of carbonyl (C=O) groups excluding carboxylic acids is 1. The molecule has 8 heteroatoms. The zero-order valence-corrected chi connectivity index (χ0v) is 15.0. The van der Waals surface area contributed by atoms with Gasteiger partial charge in [-0.1, -0.05) is 58.4 Å². The maximum absolute atomic E-state index is 13.2. The molecule has 0 fully saturated rings. The van der Waals surface area contributed by atoms with E-state index in [2.05, 4.69) is 21.0 Å². The Kier molecular flexibility index (Phi) is 4.90. The Morgan fingerprint density at radius 3 is 2.50 bits per heavy atom. The Hall–Kier alpha value is -2.19. The van der Waals surface area contributed by atoms with Gasteiger partial charge in [0.25, 0.3) is 0 Å². The number of hydrazone groups is 1. The minimum Gasteiger partial charge on any atom is -0.365 e. The molecular formula is C18H14BrF3N2O2. The smallest absolute Gasteiger partial charge is 0.365 e. The lowest BCUT2D eigenvalue weighted by Crippen LogP contribution is -2.42. The Morgan fingerprint density at radius 1 is 1.19 bits per heavy atom. The lowest BCUT2D eigenvalue weighted by molar-refractivity contribution is -0.0951. The third kappa shape index (κ3) is 3.66. The van der Waals surface area contributed by atoms with Gasteiger partial charge in [0, 0.05) is 15.6 Å². The summed E-state index contributed by atoms with van der Waals surface area (Å²) < 4.78 is 40.1. The normalized spacial score (nSPS) is 20.2. The quantitative estimate of drug-likeness (QED) is 0.748. The Bertz CT molecular complexity index is 855. The second-order valence-electron chi connectivity index (χ2n) is 5.90. The van der Waals surface area contributed by atoms with Crippen LogP contribution >= 0.6 is 15.9 Å². The predicted molar refractivity (Wildman–Crippen MR) is 93.6 cm³/mol. The summed E-state index contributed by atoms with van der Waals surface area (Å²) in [5.41, 5.74) is -2.63. The molecule has 1 N–H and O–H groups in total. The van der Waals surface area contributed by atoms with Crippen LogP contribution in [0.5, 0.6) is 0 Å². The fourth-order valence-electron chi connectivity index (χ4n) is 2.75. The van der Waals surface area contributed by atoms with E-state index < -0.39 is 36.4 Å². The Balaban J connectivity index is 1.96. The number of rotatable bonds is 4. The number of benzene rings is 2. The molecule has 4 nitrogen and oxygen atoms in total. The van der Waals surface area contributed by atoms with Gasteiger partial charge >= 0.3 is 6.18 Å². The molecule has 1 heterocycles. The largest absolute Gasteiger partial charge is 0.431 e. The molecule has 2 aromatic carbocycles. The fraction of sp³-hybridized carbons (Fsp3) is 0.222. The topological polar surface area (TPSA) is 52.9 Å². The third-order valence-electron chi connectivity index (χ3n) is 4.09. The number of nitrogens with zero attached hydrogens (tertiary/aromatic N) is 2. The first-order valence-corrected chi connectivity index (χ1v) is 8.48. The lowest BCUT2D eigenvalue weighted by atomic mass is 9.96. The highest BCUT2D eigenvalue weighted by Crippen LogP contribution is 2.40. The highest BCUT2D eigenvalue weighted by Gasteiger charge is 2.51. The minimum absolute atomic E-state index is 0.218. The molecular weight excluding hydrogens is 413 g/mol. The van der Waals surface area contributed by atoms with Gasteiger partial charge in [0.1, 0.15) is 12.3 Å². The van der Waals surface area contributed by atoms with E-state index in [-0.39, 0.29) is 5.56 Å². The van der Waals surface area contributed by atoms with E-state index in [0.717, 1.165) is 5.01 Å². The highest BCUT2D eigenvalue weighted by atomic mass is 79.9. The molecule has 1 aliphatic rings. The molecule has 0 aliphatic carbocycles. The standard InChI is InChI=1S/C18H14BrF3N2O2/c19-14-8-4-7-13(9-14)17(26)10-16(18(20,21)22)23-24(17)11-15(25)12-5-2-1-3-6-12/h1-9,26H,10-11H2. The van der Waals surface area contributed by atoms with Crippen molar-refractivity contribution in [1.29, 1.82) is 0 Å². The van der Waals surface area contributed by atoms with Crippen LogP contribution < -0.4 is 0 Å². The zero-order chi connectivity index (χ0) is 18.9. The summed E-state index contributed by atoms with van der Waals surface area (Å²) in [5, 5.41) is 15.3. The van der Waals surface area contributed by atoms with Crippen LogP contribution in [0.3, 0.4) is 0 Å². The summed E-state index contributed by atoms with van der Waals surface area (Å²) in [6.07, 6.45) is -5.44. The number of carbonyl (C=O) groups is 1. The summed E-state index contributed by atoms with van der Waals surface area (Å²) >= 11 is 3.24. The molecule has 3 rings (SSSR count). The van der Waals surface area contributed by atoms with Gasteiger partial charge < -0.3 is 5.11 Å². The van der Waals surface area contributed by atoms with Gasteiger partial charge in [0.2, 0.25) is 0 Å². The average molecular weight is 427 g/mol. The van der Waals surface area contributed by atoms with Gasteiger partial charge in [-0.15, -0.1) is 0 Å². The van der Waals surface area contributed by atoms with Crippen LogP contribution in [0.15, 0.2) is 64.2 Å². The molecule has 0 bridgehead atoms. The van der Waals surface area contributed by atoms with Crippen molar-refractivity contribution in [2.24, 2.45) is 5.10 Å². The molecule has 0 amide bonds. The molecule has 0 saturated carbocycles. The monoisotopic (exact) mass is 426 g/mol. The van der Waals surface area contributed by atoms with Crippen molar-refractivity contribution >= 4 is 27.4 Å². The minimum atomic E-state index is -4.69. The van der Waals surface area contributed by atoms with Crippen molar-refractivity contribution in [3.8, 4) is 0 Å². The molecule has 1 unspecified atom stereocenters. The van der Waals surface area contributed by atoms with Crippen LogP contribution in [0.2, 0.25) is 0 Å². The van der Waals surface area contributed by atoms with Crippen molar-refractivity contribution < 1.29 is 23.1 Å². The first-order chi connectivity index (χ1) is 12.2. The molecule has 26 heavy (non-hydrogen) atoms. The van der Waals surface area contributed by atoms with E-state index in [1.165, 1.54) is 12.1 Å². The highest BCUT2D eigenvalue weighted by molar-refractivity contribution is 9.10. The Morgan fingerprint density at radius 2 is 1.88 bits per heavy atom. The zero-order valence-electron chi connectivity index (χ0n) is 13.4. The van der Waals surface area contributed by atoms with E-state index in [4.69, 9.17) is 0 Å². The molecule has 136 valence electrons. The van der Waals surface area contributed by atoms with Gasteiger partial charge in [0.15, 0.2) is 11.5 Å². The van der Waals surface area contributed by atoms with Crippen LogP contribution in [-0.2, 0) is 5.72 Å². The van der Waals surface area contributed by atoms with Crippen LogP contribution in [0.1, 0.15) is 22.3 Å². The molecule has 1 atom stereocenters. The summed E-state index contributed by atoms with van der Waals surface area (Å²) in [6.45, 7) is -0.480. The number of alkyl halides is 3. The van der Waals surface area contributed by atoms with Crippen molar-refractivity contribution in [1.82, 2.24) is 5.01 Å². The van der Waals surface area contributed by atoms with Crippen LogP contribution in [0.4, 0.5) is 13.2 Å². The van der Waals surface area contributed by atoms with Gasteiger partial charge in [-0.3, -0.25) is 9.80 Å². The lowest BCUT2D eigenvalue weighted by Gasteiger charge is -2.32. The number of Topliss-reactive ketones (excluding diaryl/α,β-unsaturated/α-hetero) is 1. The van der Waals surface area contributed by atoms with Gasteiger partial charge in [-0.05, 0) is 12.1 Å². The summed E-state index contributed by atoms with van der Waals surface area (Å²) in [6, 6.07) is 14.5. The number of hydrogen-bond acceptors (Lipinski definition) is 4. The van der Waals surface area contributed by atoms with Crippen LogP contribution in [0, 0.1) is 0 Å². The summed E-state index contributed by atoms with van der Waals surface area (Å²) in [5.74, 6) is -0.439. The van der Waals surface area contributed by atoms with E-state index in [1.807, 2.05) is 0 Å². The van der Waals surface area contributed by atoms with Gasteiger partial charge in [-0.2, -0.15) is 18.3 Å². The summed E-state index contributed by atoms with van der Waals surface area (Å²) in [4.78, 5) is 12.4. The average Bonchev–Trinajstić information content (AvgIpc) is 2.94. The van der Waals surface area contributed by atoms with Crippen molar-refractivity contribution in [3.05, 3.63) is 70.2 Å². The Labute approximate surface area is 156 Å². The molecule has 0 radical (unpaired) electrons. The second kappa shape index (κ2) is 6.85. The van der Waals surface area contributed by atoms with Crippen molar-refractivity contribution in [3.63, 3.8) is 0 Å². The SMILES string of the molecule is O=C(CN1N=C(C(F)(F)F)CC1(O)c1cccc(Br)c1)c1ccccc1. The van der Waals surface area contributed by atoms with E-state index in [1.54, 1.807) is 42.5 Å². The molecule has 0 aromatic heterocycles. The summed E-state index contributed by atoms with van der Waals surface area (Å²) in [7, 11) is 0. The number of halogens is 4. The number of hydrogen-bond donors (Lipinski definition) is 1. The first kappa shape index (κ1) is 18.6. The van der Waals surface area contributed by atoms with Gasteiger partial charge in [0.05, 0.1) is 6.42 Å². The second-order valence-corrected chi connectivity index (χ2v) is 6.81. The van der Waals surface area contributed by atoms with E-state index >= 15 is 0 Å². The fourth-order valence-corrected chi connectivity index (χ4v) is 3.15. The molecule has 2 aromatic rings. The number of aliphatic hydroxyl groups is 1. The van der Waals surface area contributed by atoms with Gasteiger partial charge in [-0.25, -0.2) is 0 Å². The number of ketones is 1. The van der Waals surface area contributed by atoms with Crippen LogP contribution in [0.25, 0.3) is 0 Å². The maximum Gasteiger partial charge on any atom is 0.431 e. The van der Waals surface area contributed by atoms with Crippen molar-refractivity contribution in [2.45, 2.75) is 18.3 Å². The molecule has 0 spiro atoms. The molecule has 0 saturated heterocycles. The predicted octanol–water partition coefficient (Wildman–Crippen LogP) is 4.10. The van der Waals surface area contributed by atoms with E-state index in [0.29, 0.717) is 10.0 Å². The molecule has 1 aliphatic heterocycles.